The molecule has 0 bridgehead atoms. The summed E-state index contributed by atoms with van der Waals surface area (Å²) < 4.78 is 0. The molecule has 0 atom stereocenters. The van der Waals surface area contributed by atoms with Crippen molar-refractivity contribution in [3.05, 3.63) is 24.4 Å². The van der Waals surface area contributed by atoms with Crippen LogP contribution in [0.1, 0.15) is 20.3 Å². The lowest BCUT2D eigenvalue weighted by molar-refractivity contribution is -0.147. The van der Waals surface area contributed by atoms with E-state index in [0.29, 0.717) is 13.0 Å². The quantitative estimate of drug-likeness (QED) is 0.776. The molecule has 0 saturated heterocycles. The molecular formula is C11H16N2O2. The molecule has 4 heteroatoms. The predicted molar refractivity (Wildman–Crippen MR) is 58.8 cm³/mol. The number of nitrogens with zero attached hydrogens (tertiary/aromatic N) is 1. The number of aromatic nitrogens is 1. The van der Waals surface area contributed by atoms with Crippen molar-refractivity contribution in [1.29, 1.82) is 0 Å². The van der Waals surface area contributed by atoms with Crippen LogP contribution < -0.4 is 5.32 Å². The van der Waals surface area contributed by atoms with Crippen LogP contribution >= 0.6 is 0 Å². The first-order valence-electron chi connectivity index (χ1n) is 4.91. The van der Waals surface area contributed by atoms with Gasteiger partial charge in [-0.2, -0.15) is 0 Å². The zero-order chi connectivity index (χ0) is 11.3. The van der Waals surface area contributed by atoms with Gasteiger partial charge in [0.1, 0.15) is 5.82 Å². The highest BCUT2D eigenvalue weighted by atomic mass is 16.4. The molecule has 82 valence electrons. The number of carboxylic acid groups (broad SMARTS) is 1. The van der Waals surface area contributed by atoms with Crippen molar-refractivity contribution in [3.63, 3.8) is 0 Å². The highest BCUT2D eigenvalue weighted by Gasteiger charge is 2.26. The number of pyridine rings is 1. The molecule has 0 unspecified atom stereocenters. The average Bonchev–Trinajstić information content (AvgIpc) is 2.19. The molecular weight excluding hydrogens is 192 g/mol. The van der Waals surface area contributed by atoms with E-state index >= 15 is 0 Å². The highest BCUT2D eigenvalue weighted by Crippen LogP contribution is 2.20. The van der Waals surface area contributed by atoms with Crippen molar-refractivity contribution in [2.75, 3.05) is 11.9 Å². The summed E-state index contributed by atoms with van der Waals surface area (Å²) in [4.78, 5) is 14.9. The molecule has 1 aromatic rings. The van der Waals surface area contributed by atoms with Gasteiger partial charge in [0.15, 0.2) is 0 Å². The molecule has 15 heavy (non-hydrogen) atoms. The number of aliphatic carboxylic acids is 1. The van der Waals surface area contributed by atoms with Gasteiger partial charge in [-0.25, -0.2) is 4.98 Å². The molecule has 0 aromatic carbocycles. The molecule has 0 amide bonds. The van der Waals surface area contributed by atoms with E-state index in [4.69, 9.17) is 5.11 Å². The number of anilines is 1. The molecule has 0 aliphatic rings. The monoisotopic (exact) mass is 208 g/mol. The second-order valence-corrected chi connectivity index (χ2v) is 4.08. The van der Waals surface area contributed by atoms with Gasteiger partial charge in [0.25, 0.3) is 0 Å². The van der Waals surface area contributed by atoms with Gasteiger partial charge in [-0.05, 0) is 32.4 Å². The molecule has 0 radical (unpaired) electrons. The van der Waals surface area contributed by atoms with Crippen LogP contribution in [-0.4, -0.2) is 22.6 Å². The minimum atomic E-state index is -0.773. The molecule has 1 rings (SSSR count). The Hall–Kier alpha value is -1.58. The van der Waals surface area contributed by atoms with E-state index in [9.17, 15) is 4.79 Å². The van der Waals surface area contributed by atoms with Crippen molar-refractivity contribution in [1.82, 2.24) is 4.98 Å². The van der Waals surface area contributed by atoms with E-state index in [-0.39, 0.29) is 0 Å². The van der Waals surface area contributed by atoms with Gasteiger partial charge in [0.05, 0.1) is 5.41 Å². The first-order valence-corrected chi connectivity index (χ1v) is 4.91. The normalized spacial score (nSPS) is 11.1. The summed E-state index contributed by atoms with van der Waals surface area (Å²) in [6.45, 7) is 4.04. The summed E-state index contributed by atoms with van der Waals surface area (Å²) in [5.74, 6) is 0.00371. The minimum Gasteiger partial charge on any atom is -0.481 e. The zero-order valence-electron chi connectivity index (χ0n) is 9.03. The maximum absolute atomic E-state index is 10.8. The van der Waals surface area contributed by atoms with Crippen LogP contribution in [-0.2, 0) is 4.79 Å². The molecule has 4 nitrogen and oxygen atoms in total. The fourth-order valence-corrected chi connectivity index (χ4v) is 1.08. The lowest BCUT2D eigenvalue weighted by atomic mass is 9.90. The Balaban J connectivity index is 2.37. The van der Waals surface area contributed by atoms with Crippen LogP contribution in [0.25, 0.3) is 0 Å². The Bertz CT molecular complexity index is 323. The van der Waals surface area contributed by atoms with Gasteiger partial charge in [-0.1, -0.05) is 6.07 Å². The predicted octanol–water partition coefficient (Wildman–Crippen LogP) is 1.99. The summed E-state index contributed by atoms with van der Waals surface area (Å²) in [6, 6.07) is 5.58. The third kappa shape index (κ3) is 3.58. The van der Waals surface area contributed by atoms with Gasteiger partial charge in [0.2, 0.25) is 0 Å². The summed E-state index contributed by atoms with van der Waals surface area (Å²) in [5, 5.41) is 12.0. The van der Waals surface area contributed by atoms with Crippen molar-refractivity contribution in [2.45, 2.75) is 20.3 Å². The highest BCUT2D eigenvalue weighted by molar-refractivity contribution is 5.73. The topological polar surface area (TPSA) is 62.2 Å². The summed E-state index contributed by atoms with van der Waals surface area (Å²) >= 11 is 0. The fourth-order valence-electron chi connectivity index (χ4n) is 1.08. The molecule has 0 saturated carbocycles. The van der Waals surface area contributed by atoms with Crippen molar-refractivity contribution >= 4 is 11.8 Å². The zero-order valence-corrected chi connectivity index (χ0v) is 9.03. The molecule has 1 heterocycles. The Morgan fingerprint density at radius 3 is 2.80 bits per heavy atom. The smallest absolute Gasteiger partial charge is 0.309 e. The lowest BCUT2D eigenvalue weighted by Gasteiger charge is -2.18. The fraction of sp³-hybridized carbons (Fsp3) is 0.455. The van der Waals surface area contributed by atoms with Crippen LogP contribution in [0.15, 0.2) is 24.4 Å². The maximum atomic E-state index is 10.8. The van der Waals surface area contributed by atoms with Gasteiger partial charge >= 0.3 is 5.97 Å². The second-order valence-electron chi connectivity index (χ2n) is 4.08. The Morgan fingerprint density at radius 1 is 1.53 bits per heavy atom. The number of carbonyl (C=O) groups is 1. The first kappa shape index (κ1) is 11.5. The number of hydrogen-bond donors (Lipinski definition) is 2. The van der Waals surface area contributed by atoms with E-state index in [1.165, 1.54) is 0 Å². The van der Waals surface area contributed by atoms with Crippen LogP contribution in [0.2, 0.25) is 0 Å². The summed E-state index contributed by atoms with van der Waals surface area (Å²) in [5.41, 5.74) is -0.693. The van der Waals surface area contributed by atoms with E-state index in [2.05, 4.69) is 10.3 Å². The minimum absolute atomic E-state index is 0.568. The maximum Gasteiger partial charge on any atom is 0.309 e. The largest absolute Gasteiger partial charge is 0.481 e. The van der Waals surface area contributed by atoms with Crippen LogP contribution in [0.5, 0.6) is 0 Å². The molecule has 2 N–H and O–H groups in total. The van der Waals surface area contributed by atoms with Gasteiger partial charge in [-0.15, -0.1) is 0 Å². The molecule has 0 spiro atoms. The van der Waals surface area contributed by atoms with Gasteiger partial charge in [0, 0.05) is 12.7 Å². The van der Waals surface area contributed by atoms with E-state index in [1.807, 2.05) is 18.2 Å². The number of carboxylic acids is 1. The SMILES string of the molecule is CC(C)(CCNc1ccccn1)C(=O)O. The van der Waals surface area contributed by atoms with Crippen LogP contribution in [0.3, 0.4) is 0 Å². The number of hydrogen-bond acceptors (Lipinski definition) is 3. The second kappa shape index (κ2) is 4.77. The van der Waals surface area contributed by atoms with E-state index < -0.39 is 11.4 Å². The van der Waals surface area contributed by atoms with Crippen molar-refractivity contribution in [2.24, 2.45) is 5.41 Å². The Morgan fingerprint density at radius 2 is 2.27 bits per heavy atom. The molecule has 0 fully saturated rings. The average molecular weight is 208 g/mol. The summed E-state index contributed by atoms with van der Waals surface area (Å²) in [6.07, 6.45) is 2.27. The van der Waals surface area contributed by atoms with Crippen molar-refractivity contribution in [3.8, 4) is 0 Å². The van der Waals surface area contributed by atoms with E-state index in [0.717, 1.165) is 5.82 Å². The van der Waals surface area contributed by atoms with Crippen LogP contribution in [0.4, 0.5) is 5.82 Å². The number of rotatable bonds is 5. The molecule has 1 aromatic heterocycles. The van der Waals surface area contributed by atoms with Crippen molar-refractivity contribution < 1.29 is 9.90 Å². The standard InChI is InChI=1S/C11H16N2O2/c1-11(2,10(14)15)6-8-13-9-5-3-4-7-12-9/h3-5,7H,6,8H2,1-2H3,(H,12,13)(H,14,15). The third-order valence-corrected chi connectivity index (χ3v) is 2.30. The number of nitrogens with one attached hydrogen (secondary N) is 1. The summed E-state index contributed by atoms with van der Waals surface area (Å²) in [7, 11) is 0. The lowest BCUT2D eigenvalue weighted by Crippen LogP contribution is -2.26. The third-order valence-electron chi connectivity index (χ3n) is 2.30. The first-order chi connectivity index (χ1) is 7.02. The molecule has 0 aliphatic heterocycles. The Kier molecular flexibility index (Phi) is 3.66. The molecule has 0 aliphatic carbocycles. The van der Waals surface area contributed by atoms with Gasteiger partial charge < -0.3 is 10.4 Å². The van der Waals surface area contributed by atoms with E-state index in [1.54, 1.807) is 20.0 Å². The Labute approximate surface area is 89.3 Å². The van der Waals surface area contributed by atoms with Crippen LogP contribution in [0, 0.1) is 5.41 Å². The van der Waals surface area contributed by atoms with Gasteiger partial charge in [-0.3, -0.25) is 4.79 Å².